The predicted octanol–water partition coefficient (Wildman–Crippen LogP) is 4.29. The molecular weight excluding hydrogens is 493 g/mol. The van der Waals surface area contributed by atoms with Crippen molar-refractivity contribution in [2.45, 2.75) is 44.1 Å². The van der Waals surface area contributed by atoms with Gasteiger partial charge in [-0.1, -0.05) is 34.5 Å². The van der Waals surface area contributed by atoms with Crippen LogP contribution in [0.15, 0.2) is 33.7 Å². The molecule has 4 nitrogen and oxygen atoms in total. The van der Waals surface area contributed by atoms with Crippen molar-refractivity contribution in [1.29, 1.82) is 0 Å². The van der Waals surface area contributed by atoms with E-state index in [2.05, 4.69) is 55.8 Å². The fourth-order valence-corrected chi connectivity index (χ4v) is 3.85. The van der Waals surface area contributed by atoms with Crippen molar-refractivity contribution in [3.8, 4) is 0 Å². The molecule has 0 aliphatic heterocycles. The minimum absolute atomic E-state index is 0. The zero-order chi connectivity index (χ0) is 17.0. The summed E-state index contributed by atoms with van der Waals surface area (Å²) in [7, 11) is 3.64. The van der Waals surface area contributed by atoms with Crippen LogP contribution in [0.25, 0.3) is 0 Å². The molecule has 2 aliphatic rings. The van der Waals surface area contributed by atoms with Crippen molar-refractivity contribution >= 4 is 45.9 Å². The van der Waals surface area contributed by atoms with Crippen molar-refractivity contribution < 1.29 is 4.74 Å². The van der Waals surface area contributed by atoms with E-state index in [1.165, 1.54) is 31.2 Å². The number of ether oxygens (including phenoxy) is 1. The second-order valence-corrected chi connectivity index (χ2v) is 8.08. The molecule has 6 heteroatoms. The molecule has 0 aromatic heterocycles. The monoisotopic (exact) mass is 521 g/mol. The Hall–Kier alpha value is -0.340. The lowest BCUT2D eigenvalue weighted by molar-refractivity contribution is 0.0732. The highest BCUT2D eigenvalue weighted by Crippen LogP contribution is 2.43. The lowest BCUT2D eigenvalue weighted by Gasteiger charge is -2.42. The Balaban J connectivity index is 0.00000225. The standard InChI is InChI=1S/C19H28BrN3O.HI/c1-21-18(22-13-19(8-3-9-19)10-11-24-2)23-17-12-16(17)14-4-6-15(20)7-5-14;/h4-7,16-17H,3,8-13H2,1-2H3,(H2,21,22,23);1H. The molecule has 0 amide bonds. The zero-order valence-electron chi connectivity index (χ0n) is 15.1. The van der Waals surface area contributed by atoms with Crippen molar-refractivity contribution in [2.75, 3.05) is 27.3 Å². The fourth-order valence-electron chi connectivity index (χ4n) is 3.58. The molecule has 1 aromatic carbocycles. The predicted molar refractivity (Wildman–Crippen MR) is 118 cm³/mol. The van der Waals surface area contributed by atoms with Crippen molar-refractivity contribution in [2.24, 2.45) is 10.4 Å². The van der Waals surface area contributed by atoms with E-state index in [1.807, 2.05) is 7.05 Å². The van der Waals surface area contributed by atoms with Gasteiger partial charge in [0, 0.05) is 43.7 Å². The third-order valence-electron chi connectivity index (χ3n) is 5.52. The van der Waals surface area contributed by atoms with E-state index < -0.39 is 0 Å². The number of aliphatic imine (C=N–C) groups is 1. The molecular formula is C19H29BrIN3O. The van der Waals surface area contributed by atoms with Crippen LogP contribution in [0.4, 0.5) is 0 Å². The summed E-state index contributed by atoms with van der Waals surface area (Å²) in [6.45, 7) is 1.84. The maximum absolute atomic E-state index is 5.28. The van der Waals surface area contributed by atoms with Crippen LogP contribution in [0, 0.1) is 5.41 Å². The summed E-state index contributed by atoms with van der Waals surface area (Å²) in [5.41, 5.74) is 1.81. The largest absolute Gasteiger partial charge is 0.385 e. The summed E-state index contributed by atoms with van der Waals surface area (Å²) in [5.74, 6) is 1.53. The molecule has 0 radical (unpaired) electrons. The normalized spacial score (nSPS) is 24.0. The number of benzene rings is 1. The van der Waals surface area contributed by atoms with Crippen LogP contribution in [-0.2, 0) is 4.74 Å². The fraction of sp³-hybridized carbons (Fsp3) is 0.632. The van der Waals surface area contributed by atoms with Gasteiger partial charge in [0.15, 0.2) is 5.96 Å². The minimum atomic E-state index is 0. The number of guanidine groups is 1. The van der Waals surface area contributed by atoms with Gasteiger partial charge in [0.25, 0.3) is 0 Å². The topological polar surface area (TPSA) is 45.7 Å². The average molecular weight is 522 g/mol. The Kier molecular flexibility index (Phi) is 8.01. The third-order valence-corrected chi connectivity index (χ3v) is 6.04. The summed E-state index contributed by atoms with van der Waals surface area (Å²) >= 11 is 3.50. The van der Waals surface area contributed by atoms with Crippen LogP contribution in [-0.4, -0.2) is 39.3 Å². The lowest BCUT2D eigenvalue weighted by atomic mass is 9.67. The number of nitrogens with one attached hydrogen (secondary N) is 2. The molecule has 25 heavy (non-hydrogen) atoms. The summed E-state index contributed by atoms with van der Waals surface area (Å²) in [4.78, 5) is 4.41. The minimum Gasteiger partial charge on any atom is -0.385 e. The number of rotatable bonds is 7. The maximum Gasteiger partial charge on any atom is 0.191 e. The van der Waals surface area contributed by atoms with Crippen LogP contribution < -0.4 is 10.6 Å². The quantitative estimate of drug-likeness (QED) is 0.319. The van der Waals surface area contributed by atoms with Crippen LogP contribution in [0.3, 0.4) is 0 Å². The van der Waals surface area contributed by atoms with Gasteiger partial charge in [-0.3, -0.25) is 4.99 Å². The number of hydrogen-bond acceptors (Lipinski definition) is 2. The van der Waals surface area contributed by atoms with Gasteiger partial charge in [-0.05, 0) is 48.8 Å². The second-order valence-electron chi connectivity index (χ2n) is 7.17. The zero-order valence-corrected chi connectivity index (χ0v) is 19.0. The highest BCUT2D eigenvalue weighted by molar-refractivity contribution is 14.0. The first-order valence-electron chi connectivity index (χ1n) is 8.87. The summed E-state index contributed by atoms with van der Waals surface area (Å²) in [5, 5.41) is 7.13. The van der Waals surface area contributed by atoms with Gasteiger partial charge in [-0.2, -0.15) is 0 Å². The Morgan fingerprint density at radius 2 is 2.04 bits per heavy atom. The number of nitrogens with zero attached hydrogens (tertiary/aromatic N) is 1. The van der Waals surface area contributed by atoms with E-state index in [1.54, 1.807) is 7.11 Å². The van der Waals surface area contributed by atoms with Crippen molar-refractivity contribution in [3.05, 3.63) is 34.3 Å². The first-order chi connectivity index (χ1) is 11.7. The molecule has 2 aliphatic carbocycles. The average Bonchev–Trinajstić information content (AvgIpc) is 3.32. The number of methoxy groups -OCH3 is 1. The Morgan fingerprint density at radius 3 is 2.60 bits per heavy atom. The molecule has 0 saturated heterocycles. The molecule has 3 rings (SSSR count). The van der Waals surface area contributed by atoms with Crippen molar-refractivity contribution in [3.63, 3.8) is 0 Å². The molecule has 1 aromatic rings. The lowest BCUT2D eigenvalue weighted by Crippen LogP contribution is -2.47. The van der Waals surface area contributed by atoms with E-state index in [-0.39, 0.29) is 24.0 Å². The second kappa shape index (κ2) is 9.55. The molecule has 2 unspecified atom stereocenters. The molecule has 2 N–H and O–H groups in total. The molecule has 2 fully saturated rings. The summed E-state index contributed by atoms with van der Waals surface area (Å²) < 4.78 is 6.41. The SMILES string of the molecule is CN=C(NCC1(CCOC)CCC1)NC1CC1c1ccc(Br)cc1.I. The number of hydrogen-bond donors (Lipinski definition) is 2. The summed E-state index contributed by atoms with van der Waals surface area (Å²) in [6.07, 6.45) is 6.25. The van der Waals surface area contributed by atoms with Gasteiger partial charge in [-0.15, -0.1) is 24.0 Å². The van der Waals surface area contributed by atoms with Gasteiger partial charge in [0.05, 0.1) is 0 Å². The first kappa shape index (κ1) is 21.0. The van der Waals surface area contributed by atoms with Crippen LogP contribution in [0.1, 0.15) is 43.6 Å². The molecule has 140 valence electrons. The van der Waals surface area contributed by atoms with Gasteiger partial charge < -0.3 is 15.4 Å². The van der Waals surface area contributed by atoms with Crippen molar-refractivity contribution in [1.82, 2.24) is 10.6 Å². The van der Waals surface area contributed by atoms with E-state index in [4.69, 9.17) is 4.74 Å². The van der Waals surface area contributed by atoms with Gasteiger partial charge in [0.2, 0.25) is 0 Å². The highest BCUT2D eigenvalue weighted by atomic mass is 127. The molecule has 0 bridgehead atoms. The highest BCUT2D eigenvalue weighted by Gasteiger charge is 2.40. The van der Waals surface area contributed by atoms with Crippen LogP contribution in [0.5, 0.6) is 0 Å². The first-order valence-corrected chi connectivity index (χ1v) is 9.67. The Bertz CT molecular complexity index is 575. The van der Waals surface area contributed by atoms with Crippen LogP contribution in [0.2, 0.25) is 0 Å². The molecule has 0 heterocycles. The molecule has 0 spiro atoms. The number of halogens is 2. The smallest absolute Gasteiger partial charge is 0.191 e. The van der Waals surface area contributed by atoms with Crippen LogP contribution >= 0.6 is 39.9 Å². The van der Waals surface area contributed by atoms with E-state index in [9.17, 15) is 0 Å². The third kappa shape index (κ3) is 5.57. The summed E-state index contributed by atoms with van der Waals surface area (Å²) in [6, 6.07) is 9.15. The maximum atomic E-state index is 5.28. The van der Waals surface area contributed by atoms with Gasteiger partial charge >= 0.3 is 0 Å². The van der Waals surface area contributed by atoms with Gasteiger partial charge in [-0.25, -0.2) is 0 Å². The van der Waals surface area contributed by atoms with Gasteiger partial charge in [0.1, 0.15) is 0 Å². The molecule has 2 atom stereocenters. The van der Waals surface area contributed by atoms with E-state index in [0.717, 1.165) is 30.0 Å². The molecule has 2 saturated carbocycles. The Labute approximate surface area is 176 Å². The van der Waals surface area contributed by atoms with E-state index >= 15 is 0 Å². The van der Waals surface area contributed by atoms with E-state index in [0.29, 0.717) is 17.4 Å². The Morgan fingerprint density at radius 1 is 1.32 bits per heavy atom.